The van der Waals surface area contributed by atoms with E-state index in [1.807, 2.05) is 6.08 Å². The number of nitrogens with two attached hydrogens (primary N) is 2. The van der Waals surface area contributed by atoms with Gasteiger partial charge in [0.25, 0.3) is 0 Å². The van der Waals surface area contributed by atoms with Crippen molar-refractivity contribution < 1.29 is 0 Å². The summed E-state index contributed by atoms with van der Waals surface area (Å²) in [5.74, 6) is 0.469. The van der Waals surface area contributed by atoms with Gasteiger partial charge in [-0.25, -0.2) is 0 Å². The van der Waals surface area contributed by atoms with Gasteiger partial charge >= 0.3 is 0 Å². The monoisotopic (exact) mass is 154 g/mol. The molecule has 0 rings (SSSR count). The first kappa shape index (κ1) is 10.1. The molecule has 0 saturated carbocycles. The summed E-state index contributed by atoms with van der Waals surface area (Å²) in [7, 11) is 0. The highest BCUT2D eigenvalue weighted by Gasteiger charge is 2.01. The summed E-state index contributed by atoms with van der Waals surface area (Å²) in [5.41, 5.74) is 11.8. The molecule has 0 spiro atoms. The molecular weight excluding hydrogens is 136 g/mol. The van der Waals surface area contributed by atoms with Crippen LogP contribution in [0.2, 0.25) is 0 Å². The normalized spacial score (nSPS) is 15.6. The average molecular weight is 154 g/mol. The van der Waals surface area contributed by atoms with Crippen molar-refractivity contribution in [3.63, 3.8) is 0 Å². The van der Waals surface area contributed by atoms with Gasteiger partial charge in [0, 0.05) is 5.70 Å². The van der Waals surface area contributed by atoms with Gasteiger partial charge in [-0.05, 0) is 30.7 Å². The van der Waals surface area contributed by atoms with Crippen molar-refractivity contribution in [2.45, 2.75) is 26.7 Å². The van der Waals surface area contributed by atoms with E-state index < -0.39 is 0 Å². The number of hydrogen-bond donors (Lipinski definition) is 2. The van der Waals surface area contributed by atoms with Crippen LogP contribution in [0.25, 0.3) is 0 Å². The fourth-order valence-electron chi connectivity index (χ4n) is 0.931. The fourth-order valence-corrected chi connectivity index (χ4v) is 0.931. The minimum Gasteiger partial charge on any atom is -0.405 e. The van der Waals surface area contributed by atoms with Crippen LogP contribution in [0.1, 0.15) is 26.7 Å². The van der Waals surface area contributed by atoms with Crippen LogP contribution >= 0.6 is 0 Å². The van der Waals surface area contributed by atoms with Gasteiger partial charge in [0.2, 0.25) is 0 Å². The number of hydrogen-bond acceptors (Lipinski definition) is 2. The molecule has 1 atom stereocenters. The van der Waals surface area contributed by atoms with Gasteiger partial charge in [-0.1, -0.05) is 20.3 Å². The lowest BCUT2D eigenvalue weighted by Gasteiger charge is -2.08. The van der Waals surface area contributed by atoms with E-state index in [9.17, 15) is 0 Å². The van der Waals surface area contributed by atoms with E-state index in [1.54, 1.807) is 6.08 Å². The van der Waals surface area contributed by atoms with Crippen molar-refractivity contribution in [3.05, 3.63) is 24.0 Å². The molecule has 0 fully saturated rings. The third-order valence-electron chi connectivity index (χ3n) is 1.69. The van der Waals surface area contributed by atoms with Crippen molar-refractivity contribution in [1.29, 1.82) is 0 Å². The second-order valence-corrected chi connectivity index (χ2v) is 2.74. The SMILES string of the molecule is CCCC(C)/C(N)=C/C=C\N. The molecule has 0 aliphatic heterocycles. The van der Waals surface area contributed by atoms with Crippen molar-refractivity contribution in [2.24, 2.45) is 17.4 Å². The smallest absolute Gasteiger partial charge is 0.0110 e. The van der Waals surface area contributed by atoms with Crippen molar-refractivity contribution >= 4 is 0 Å². The third kappa shape index (κ3) is 4.48. The van der Waals surface area contributed by atoms with Crippen molar-refractivity contribution in [2.75, 3.05) is 0 Å². The largest absolute Gasteiger partial charge is 0.405 e. The maximum atomic E-state index is 5.74. The van der Waals surface area contributed by atoms with E-state index in [2.05, 4.69) is 13.8 Å². The van der Waals surface area contributed by atoms with Crippen LogP contribution in [0.5, 0.6) is 0 Å². The molecule has 2 heteroatoms. The quantitative estimate of drug-likeness (QED) is 0.606. The Hall–Kier alpha value is -0.920. The van der Waals surface area contributed by atoms with Gasteiger partial charge < -0.3 is 11.5 Å². The van der Waals surface area contributed by atoms with E-state index in [1.165, 1.54) is 12.6 Å². The predicted molar refractivity (Wildman–Crippen MR) is 49.7 cm³/mol. The summed E-state index contributed by atoms with van der Waals surface area (Å²) in [6.07, 6.45) is 7.43. The molecule has 0 saturated heterocycles. The predicted octanol–water partition coefficient (Wildman–Crippen LogP) is 1.74. The van der Waals surface area contributed by atoms with Crippen LogP contribution in [-0.4, -0.2) is 0 Å². The summed E-state index contributed by atoms with van der Waals surface area (Å²) in [6.45, 7) is 4.28. The first-order valence-electron chi connectivity index (χ1n) is 4.06. The molecule has 4 N–H and O–H groups in total. The molecule has 0 aromatic carbocycles. The molecule has 11 heavy (non-hydrogen) atoms. The molecule has 0 amide bonds. The zero-order chi connectivity index (χ0) is 8.69. The van der Waals surface area contributed by atoms with Gasteiger partial charge in [0.15, 0.2) is 0 Å². The van der Waals surface area contributed by atoms with Gasteiger partial charge in [0.05, 0.1) is 0 Å². The Bertz CT molecular complexity index is 148. The van der Waals surface area contributed by atoms with Crippen LogP contribution in [0.4, 0.5) is 0 Å². The highest BCUT2D eigenvalue weighted by molar-refractivity contribution is 5.10. The van der Waals surface area contributed by atoms with E-state index >= 15 is 0 Å². The lowest BCUT2D eigenvalue weighted by molar-refractivity contribution is 0.596. The summed E-state index contributed by atoms with van der Waals surface area (Å²) < 4.78 is 0. The van der Waals surface area contributed by atoms with E-state index in [-0.39, 0.29) is 0 Å². The van der Waals surface area contributed by atoms with Gasteiger partial charge in [0.1, 0.15) is 0 Å². The molecule has 1 unspecified atom stereocenters. The van der Waals surface area contributed by atoms with E-state index in [0.29, 0.717) is 5.92 Å². The maximum absolute atomic E-state index is 5.74. The average Bonchev–Trinajstić information content (AvgIpc) is 2.00. The second kappa shape index (κ2) is 5.83. The highest BCUT2D eigenvalue weighted by Crippen LogP contribution is 2.11. The molecule has 0 aliphatic rings. The zero-order valence-corrected chi connectivity index (χ0v) is 7.38. The second-order valence-electron chi connectivity index (χ2n) is 2.74. The van der Waals surface area contributed by atoms with Crippen LogP contribution in [0.15, 0.2) is 24.0 Å². The fraction of sp³-hybridized carbons (Fsp3) is 0.556. The first-order valence-corrected chi connectivity index (χ1v) is 4.06. The Morgan fingerprint density at radius 1 is 1.55 bits per heavy atom. The van der Waals surface area contributed by atoms with Gasteiger partial charge in [-0.3, -0.25) is 0 Å². The van der Waals surface area contributed by atoms with Crippen LogP contribution in [0, 0.1) is 5.92 Å². The Labute approximate surface area is 69.0 Å². The van der Waals surface area contributed by atoms with Crippen molar-refractivity contribution in [1.82, 2.24) is 0 Å². The van der Waals surface area contributed by atoms with Crippen LogP contribution in [-0.2, 0) is 0 Å². The Morgan fingerprint density at radius 3 is 2.64 bits per heavy atom. The lowest BCUT2D eigenvalue weighted by atomic mass is 10.0. The van der Waals surface area contributed by atoms with E-state index in [4.69, 9.17) is 11.5 Å². The van der Waals surface area contributed by atoms with Crippen LogP contribution in [0.3, 0.4) is 0 Å². The van der Waals surface area contributed by atoms with Gasteiger partial charge in [-0.2, -0.15) is 0 Å². The highest BCUT2D eigenvalue weighted by atomic mass is 14.6. The third-order valence-corrected chi connectivity index (χ3v) is 1.69. The molecule has 0 aliphatic carbocycles. The molecule has 0 radical (unpaired) electrons. The molecule has 0 aromatic heterocycles. The van der Waals surface area contributed by atoms with Crippen molar-refractivity contribution in [3.8, 4) is 0 Å². The Kier molecular flexibility index (Phi) is 5.35. The minimum atomic E-state index is 0.469. The molecule has 0 bridgehead atoms. The standard InChI is InChI=1S/C9H18N2/c1-3-5-8(2)9(11)6-4-7-10/h4,6-8H,3,5,10-11H2,1-2H3/b7-4-,9-6-. The van der Waals surface area contributed by atoms with E-state index in [0.717, 1.165) is 12.1 Å². The first-order chi connectivity index (χ1) is 5.22. The molecule has 64 valence electrons. The molecule has 0 heterocycles. The summed E-state index contributed by atoms with van der Waals surface area (Å²) in [6, 6.07) is 0. The topological polar surface area (TPSA) is 52.0 Å². The summed E-state index contributed by atoms with van der Waals surface area (Å²) >= 11 is 0. The molecule has 0 aromatic rings. The summed E-state index contributed by atoms with van der Waals surface area (Å²) in [4.78, 5) is 0. The Balaban J connectivity index is 3.89. The van der Waals surface area contributed by atoms with Crippen LogP contribution < -0.4 is 11.5 Å². The van der Waals surface area contributed by atoms with Gasteiger partial charge in [-0.15, -0.1) is 0 Å². The summed E-state index contributed by atoms with van der Waals surface area (Å²) in [5, 5.41) is 0. The lowest BCUT2D eigenvalue weighted by Crippen LogP contribution is -2.07. The maximum Gasteiger partial charge on any atom is 0.0110 e. The number of rotatable bonds is 4. The molecule has 2 nitrogen and oxygen atoms in total. The minimum absolute atomic E-state index is 0.469. The zero-order valence-electron chi connectivity index (χ0n) is 7.38. The Morgan fingerprint density at radius 2 is 2.18 bits per heavy atom. The molecular formula is C9H18N2. The number of allylic oxidation sites excluding steroid dienone is 3.